The largest absolute Gasteiger partial charge is 0.756 e. The molecule has 8 nitrogen and oxygen atoms in total. The number of phosphoric acid groups is 1. The highest BCUT2D eigenvalue weighted by Gasteiger charge is 2.24. The van der Waals surface area contributed by atoms with E-state index in [0.29, 0.717) is 23.9 Å². The molecule has 0 rings (SSSR count). The van der Waals surface area contributed by atoms with Crippen LogP contribution in [0, 0.1) is 0 Å². The van der Waals surface area contributed by atoms with Crippen LogP contribution < -0.4 is 10.2 Å². The van der Waals surface area contributed by atoms with Crippen molar-refractivity contribution in [2.75, 3.05) is 40.9 Å². The van der Waals surface area contributed by atoms with E-state index >= 15 is 0 Å². The number of aliphatic hydroxyl groups excluding tert-OH is 1. The molecule has 0 fully saturated rings. The second-order valence-corrected chi connectivity index (χ2v) is 22.4. The molecule has 0 saturated carbocycles. The molecule has 0 aromatic carbocycles. The van der Waals surface area contributed by atoms with Crippen LogP contribution in [-0.4, -0.2) is 68.5 Å². The number of likely N-dealkylation sites (N-methyl/N-ethyl adjacent to an activating group) is 1. The number of quaternary nitrogens is 1. The molecule has 384 valence electrons. The Balaban J connectivity index is 3.96. The highest BCUT2D eigenvalue weighted by Crippen LogP contribution is 2.38. The lowest BCUT2D eigenvalue weighted by atomic mass is 10.0. The molecule has 1 unspecified atom stereocenters. The summed E-state index contributed by atoms with van der Waals surface area (Å²) in [7, 11) is 1.32. The number of phosphoric ester groups is 1. The molecule has 0 radical (unpaired) electrons. The van der Waals surface area contributed by atoms with Crippen LogP contribution in [0.3, 0.4) is 0 Å². The second-order valence-electron chi connectivity index (χ2n) is 21.0. The maximum Gasteiger partial charge on any atom is 0.268 e. The van der Waals surface area contributed by atoms with E-state index in [1.54, 1.807) is 0 Å². The molecule has 0 spiro atoms. The molecule has 3 atom stereocenters. The number of aliphatic hydroxyl groups is 1. The topological polar surface area (TPSA) is 108 Å². The zero-order valence-electron chi connectivity index (χ0n) is 43.8. The first-order valence-corrected chi connectivity index (χ1v) is 29.8. The minimum absolute atomic E-state index is 0.0163. The predicted octanol–water partition coefficient (Wildman–Crippen LogP) is 16.2. The number of unbranched alkanes of at least 4 members (excludes halogenated alkanes) is 40. The molecule has 0 aliphatic rings. The summed E-state index contributed by atoms with van der Waals surface area (Å²) in [5.41, 5.74) is 0. The Morgan fingerprint density at radius 1 is 0.484 bits per heavy atom. The molecule has 0 aromatic rings. The average Bonchev–Trinajstić information content (AvgIpc) is 3.25. The average molecular weight is 929 g/mol. The van der Waals surface area contributed by atoms with E-state index < -0.39 is 20.0 Å². The van der Waals surface area contributed by atoms with Crippen LogP contribution in [0.2, 0.25) is 0 Å². The van der Waals surface area contributed by atoms with Gasteiger partial charge in [0.25, 0.3) is 7.82 Å². The quantitative estimate of drug-likeness (QED) is 0.0357. The first kappa shape index (κ1) is 63.5. The van der Waals surface area contributed by atoms with Crippen LogP contribution in [0.1, 0.15) is 296 Å². The lowest BCUT2D eigenvalue weighted by Gasteiger charge is -2.30. The third kappa shape index (κ3) is 49.4. The van der Waals surface area contributed by atoms with Gasteiger partial charge in [-0.3, -0.25) is 9.36 Å². The summed E-state index contributed by atoms with van der Waals surface area (Å²) < 4.78 is 23.3. The third-order valence-corrected chi connectivity index (χ3v) is 14.3. The SMILES string of the molecule is CCCCCCCCCCCCCCCCCCCCCCCCCCCCCCCCC(=O)N[C@@H](COP(=O)([O-])OCC[N+](C)(C)C)[C@H](O)CCCCCCCCCCCCCC. The maximum atomic E-state index is 12.9. The van der Waals surface area contributed by atoms with Gasteiger partial charge >= 0.3 is 0 Å². The van der Waals surface area contributed by atoms with E-state index in [1.807, 2.05) is 21.1 Å². The summed E-state index contributed by atoms with van der Waals surface area (Å²) in [6.45, 7) is 4.76. The molecular weight excluding hydrogens is 816 g/mol. The first-order chi connectivity index (χ1) is 31.0. The van der Waals surface area contributed by atoms with Gasteiger partial charge in [0, 0.05) is 6.42 Å². The number of hydrogen-bond donors (Lipinski definition) is 2. The fraction of sp³-hybridized carbons (Fsp3) is 0.982. The number of nitrogens with zero attached hydrogens (tertiary/aromatic N) is 1. The summed E-state index contributed by atoms with van der Waals surface area (Å²) >= 11 is 0. The zero-order valence-corrected chi connectivity index (χ0v) is 44.7. The van der Waals surface area contributed by atoms with E-state index in [9.17, 15) is 19.4 Å². The van der Waals surface area contributed by atoms with Crippen molar-refractivity contribution in [1.29, 1.82) is 0 Å². The molecule has 64 heavy (non-hydrogen) atoms. The van der Waals surface area contributed by atoms with Crippen molar-refractivity contribution in [1.82, 2.24) is 5.32 Å². The summed E-state index contributed by atoms with van der Waals surface area (Å²) in [5, 5.41) is 14.0. The molecule has 0 aliphatic heterocycles. The van der Waals surface area contributed by atoms with Crippen molar-refractivity contribution in [3.63, 3.8) is 0 Å². The van der Waals surface area contributed by atoms with Gasteiger partial charge in [0.2, 0.25) is 5.91 Å². The molecule has 2 N–H and O–H groups in total. The minimum atomic E-state index is -4.56. The summed E-state index contributed by atoms with van der Waals surface area (Å²) in [6, 6.07) is -0.793. The van der Waals surface area contributed by atoms with Crippen LogP contribution in [0.4, 0.5) is 0 Å². The Bertz CT molecular complexity index is 1010. The standard InChI is InChI=1S/C55H113N2O6P/c1-6-8-10-12-14-16-18-20-21-22-23-24-25-26-27-28-29-30-31-32-33-34-35-36-37-39-41-43-45-47-49-55(59)56-53(52-63-64(60,61)62-51-50-57(3,4)5)54(58)48-46-44-42-40-38-19-17-15-13-11-9-7-2/h53-54,58H,6-52H2,1-5H3,(H-,56,59,60,61)/t53-,54+/m0/s1. The zero-order chi connectivity index (χ0) is 47.1. The van der Waals surface area contributed by atoms with E-state index in [0.717, 1.165) is 38.5 Å². The Morgan fingerprint density at radius 3 is 1.06 bits per heavy atom. The molecule has 1 amide bonds. The second kappa shape index (κ2) is 47.6. The number of carbonyl (C=O) groups excluding carboxylic acids is 1. The van der Waals surface area contributed by atoms with Gasteiger partial charge in [-0.15, -0.1) is 0 Å². The molecular formula is C55H113N2O6P. The van der Waals surface area contributed by atoms with Gasteiger partial charge in [-0.1, -0.05) is 277 Å². The summed E-state index contributed by atoms with van der Waals surface area (Å²) in [4.78, 5) is 25.4. The van der Waals surface area contributed by atoms with Crippen molar-refractivity contribution >= 4 is 13.7 Å². The van der Waals surface area contributed by atoms with Gasteiger partial charge in [0.15, 0.2) is 0 Å². The number of carbonyl (C=O) groups is 1. The highest BCUT2D eigenvalue weighted by atomic mass is 31.2. The van der Waals surface area contributed by atoms with Crippen molar-refractivity contribution in [2.45, 2.75) is 309 Å². The molecule has 0 bridgehead atoms. The van der Waals surface area contributed by atoms with E-state index in [1.165, 1.54) is 231 Å². The normalized spacial score (nSPS) is 13.9. The summed E-state index contributed by atoms with van der Waals surface area (Å²) in [6.07, 6.45) is 55.8. The van der Waals surface area contributed by atoms with Crippen molar-refractivity contribution < 1.29 is 32.9 Å². The molecule has 0 saturated heterocycles. The van der Waals surface area contributed by atoms with E-state index in [2.05, 4.69) is 19.2 Å². The van der Waals surface area contributed by atoms with Crippen LogP contribution in [0.5, 0.6) is 0 Å². The van der Waals surface area contributed by atoms with Gasteiger partial charge in [0.1, 0.15) is 13.2 Å². The number of rotatable bonds is 53. The van der Waals surface area contributed by atoms with E-state index in [-0.39, 0.29) is 19.1 Å². The van der Waals surface area contributed by atoms with Gasteiger partial charge in [-0.2, -0.15) is 0 Å². The lowest BCUT2D eigenvalue weighted by Crippen LogP contribution is -2.46. The Morgan fingerprint density at radius 2 is 0.766 bits per heavy atom. The maximum absolute atomic E-state index is 12.9. The first-order valence-electron chi connectivity index (χ1n) is 28.4. The number of nitrogens with one attached hydrogen (secondary N) is 1. The number of amides is 1. The van der Waals surface area contributed by atoms with Crippen molar-refractivity contribution in [2.24, 2.45) is 0 Å². The molecule has 0 aliphatic carbocycles. The predicted molar refractivity (Wildman–Crippen MR) is 275 cm³/mol. The fourth-order valence-electron chi connectivity index (χ4n) is 8.87. The smallest absolute Gasteiger partial charge is 0.268 e. The van der Waals surface area contributed by atoms with Gasteiger partial charge in [0.05, 0.1) is 39.9 Å². The van der Waals surface area contributed by atoms with Crippen LogP contribution in [-0.2, 0) is 18.4 Å². The van der Waals surface area contributed by atoms with Crippen LogP contribution >= 0.6 is 7.82 Å². The highest BCUT2D eigenvalue weighted by molar-refractivity contribution is 7.45. The molecule has 0 heterocycles. The molecule has 9 heteroatoms. The third-order valence-electron chi connectivity index (χ3n) is 13.3. The van der Waals surface area contributed by atoms with Crippen molar-refractivity contribution in [3.05, 3.63) is 0 Å². The van der Waals surface area contributed by atoms with Gasteiger partial charge in [-0.05, 0) is 12.8 Å². The van der Waals surface area contributed by atoms with Crippen molar-refractivity contribution in [3.8, 4) is 0 Å². The van der Waals surface area contributed by atoms with Gasteiger partial charge in [-0.25, -0.2) is 0 Å². The Hall–Kier alpha value is -0.500. The fourth-order valence-corrected chi connectivity index (χ4v) is 9.59. The lowest BCUT2D eigenvalue weighted by molar-refractivity contribution is -0.870. The molecule has 0 aromatic heterocycles. The minimum Gasteiger partial charge on any atom is -0.756 e. The number of hydrogen-bond acceptors (Lipinski definition) is 6. The van der Waals surface area contributed by atoms with Crippen LogP contribution in [0.15, 0.2) is 0 Å². The summed E-state index contributed by atoms with van der Waals surface area (Å²) in [5.74, 6) is -0.158. The monoisotopic (exact) mass is 929 g/mol. The Labute approximate surface area is 399 Å². The van der Waals surface area contributed by atoms with Gasteiger partial charge < -0.3 is 28.8 Å². The van der Waals surface area contributed by atoms with Crippen LogP contribution in [0.25, 0.3) is 0 Å². The Kier molecular flexibility index (Phi) is 47.2. The van der Waals surface area contributed by atoms with E-state index in [4.69, 9.17) is 9.05 Å².